The molecule has 1 unspecified atom stereocenters. The molecule has 1 aromatic rings. The minimum atomic E-state index is -1.43. The number of aliphatic hydroxyl groups is 1. The molecule has 0 spiro atoms. The molecule has 0 fully saturated rings. The molecule has 0 aliphatic carbocycles. The van der Waals surface area contributed by atoms with E-state index < -0.39 is 11.5 Å². The molecule has 0 aromatic carbocycles. The fourth-order valence-corrected chi connectivity index (χ4v) is 1.59. The Labute approximate surface area is 115 Å². The number of pyridine rings is 1. The Morgan fingerprint density at radius 3 is 2.67 bits per heavy atom. The van der Waals surface area contributed by atoms with Crippen LogP contribution < -0.4 is 10.1 Å². The van der Waals surface area contributed by atoms with Gasteiger partial charge in [0.05, 0.1) is 7.11 Å². The van der Waals surface area contributed by atoms with Crippen molar-refractivity contribution in [2.75, 3.05) is 12.4 Å². The molecular formula is C12H17BrN2O3. The van der Waals surface area contributed by atoms with Crippen LogP contribution in [0.1, 0.15) is 20.8 Å². The molecule has 100 valence electrons. The van der Waals surface area contributed by atoms with E-state index in [9.17, 15) is 9.90 Å². The Hall–Kier alpha value is -1.14. The van der Waals surface area contributed by atoms with Crippen LogP contribution in [-0.2, 0) is 4.79 Å². The van der Waals surface area contributed by atoms with E-state index in [-0.39, 0.29) is 5.92 Å². The Balaban J connectivity index is 2.91. The maximum atomic E-state index is 11.9. The summed E-state index contributed by atoms with van der Waals surface area (Å²) in [4.78, 5) is 16.0. The first-order valence-corrected chi connectivity index (χ1v) is 6.32. The number of hydrogen-bond donors (Lipinski definition) is 2. The highest BCUT2D eigenvalue weighted by Crippen LogP contribution is 2.23. The summed E-state index contributed by atoms with van der Waals surface area (Å²) in [6, 6.07) is 3.22. The van der Waals surface area contributed by atoms with Crippen molar-refractivity contribution in [3.63, 3.8) is 0 Å². The van der Waals surface area contributed by atoms with Gasteiger partial charge >= 0.3 is 0 Å². The van der Waals surface area contributed by atoms with Crippen LogP contribution >= 0.6 is 15.9 Å². The van der Waals surface area contributed by atoms with Gasteiger partial charge in [-0.05, 0) is 34.8 Å². The van der Waals surface area contributed by atoms with Crippen molar-refractivity contribution >= 4 is 27.5 Å². The van der Waals surface area contributed by atoms with E-state index in [0.29, 0.717) is 16.2 Å². The van der Waals surface area contributed by atoms with Crippen molar-refractivity contribution in [1.82, 2.24) is 4.98 Å². The van der Waals surface area contributed by atoms with E-state index in [4.69, 9.17) is 4.74 Å². The lowest BCUT2D eigenvalue weighted by atomic mass is 9.91. The third kappa shape index (κ3) is 3.43. The quantitative estimate of drug-likeness (QED) is 0.835. The fourth-order valence-electron chi connectivity index (χ4n) is 1.17. The maximum Gasteiger partial charge on any atom is 0.256 e. The van der Waals surface area contributed by atoms with Gasteiger partial charge in [0.1, 0.15) is 10.2 Å². The topological polar surface area (TPSA) is 71.5 Å². The first-order chi connectivity index (χ1) is 8.27. The number of methoxy groups -OCH3 is 1. The molecule has 0 aliphatic heterocycles. The number of ether oxygens (including phenoxy) is 1. The summed E-state index contributed by atoms with van der Waals surface area (Å²) in [6.07, 6.45) is 0. The zero-order valence-electron chi connectivity index (χ0n) is 10.8. The average molecular weight is 317 g/mol. The first-order valence-electron chi connectivity index (χ1n) is 5.52. The van der Waals surface area contributed by atoms with Gasteiger partial charge in [0.25, 0.3) is 5.91 Å². The Bertz CT molecular complexity index is 447. The third-order valence-corrected chi connectivity index (χ3v) is 3.23. The lowest BCUT2D eigenvalue weighted by molar-refractivity contribution is -0.136. The number of aromatic nitrogens is 1. The lowest BCUT2D eigenvalue weighted by Crippen LogP contribution is -2.44. The summed E-state index contributed by atoms with van der Waals surface area (Å²) >= 11 is 3.22. The van der Waals surface area contributed by atoms with E-state index >= 15 is 0 Å². The van der Waals surface area contributed by atoms with Gasteiger partial charge in [0.2, 0.25) is 5.88 Å². The van der Waals surface area contributed by atoms with Crippen LogP contribution in [0.5, 0.6) is 5.88 Å². The molecule has 0 saturated heterocycles. The standard InChI is InChI=1S/C12H17BrN2O3/c1-7(2)12(3,17)11(16)14-8-5-9(13)15-10(6-8)18-4/h5-7,17H,1-4H3,(H,14,15,16). The zero-order chi connectivity index (χ0) is 13.9. The Kier molecular flexibility index (Phi) is 4.70. The number of nitrogens with zero attached hydrogens (tertiary/aromatic N) is 1. The van der Waals surface area contributed by atoms with Crippen molar-refractivity contribution in [3.8, 4) is 5.88 Å². The van der Waals surface area contributed by atoms with Gasteiger partial charge in [-0.25, -0.2) is 4.98 Å². The molecule has 1 rings (SSSR count). The second-order valence-electron chi connectivity index (χ2n) is 4.48. The largest absolute Gasteiger partial charge is 0.481 e. The summed E-state index contributed by atoms with van der Waals surface area (Å²) in [6.45, 7) is 5.05. The van der Waals surface area contributed by atoms with Crippen LogP contribution in [0.3, 0.4) is 0 Å². The number of hydrogen-bond acceptors (Lipinski definition) is 4. The smallest absolute Gasteiger partial charge is 0.256 e. The van der Waals surface area contributed by atoms with Crippen molar-refractivity contribution < 1.29 is 14.6 Å². The van der Waals surface area contributed by atoms with Crippen LogP contribution in [-0.4, -0.2) is 28.7 Å². The van der Waals surface area contributed by atoms with E-state index in [1.54, 1.807) is 26.0 Å². The molecule has 0 radical (unpaired) electrons. The lowest BCUT2D eigenvalue weighted by Gasteiger charge is -2.26. The van der Waals surface area contributed by atoms with Gasteiger partial charge in [-0.3, -0.25) is 4.79 Å². The molecule has 5 nitrogen and oxygen atoms in total. The van der Waals surface area contributed by atoms with Crippen LogP contribution in [0.4, 0.5) is 5.69 Å². The Morgan fingerprint density at radius 2 is 2.17 bits per heavy atom. The molecule has 6 heteroatoms. The van der Waals surface area contributed by atoms with E-state index in [0.717, 1.165) is 0 Å². The molecular weight excluding hydrogens is 300 g/mol. The average Bonchev–Trinajstić information content (AvgIpc) is 2.27. The van der Waals surface area contributed by atoms with E-state index in [1.165, 1.54) is 14.0 Å². The molecule has 18 heavy (non-hydrogen) atoms. The summed E-state index contributed by atoms with van der Waals surface area (Å²) in [7, 11) is 1.49. The van der Waals surface area contributed by atoms with E-state index in [2.05, 4.69) is 26.2 Å². The van der Waals surface area contributed by atoms with Gasteiger partial charge in [-0.2, -0.15) is 0 Å². The number of carbonyl (C=O) groups is 1. The molecule has 0 saturated carbocycles. The summed E-state index contributed by atoms with van der Waals surface area (Å²) in [5.41, 5.74) is -0.914. The predicted molar refractivity (Wildman–Crippen MR) is 72.6 cm³/mol. The maximum absolute atomic E-state index is 11.9. The van der Waals surface area contributed by atoms with Gasteiger partial charge in [0.15, 0.2) is 0 Å². The number of halogens is 1. The van der Waals surface area contributed by atoms with Crippen LogP contribution in [0, 0.1) is 5.92 Å². The molecule has 1 atom stereocenters. The molecule has 0 aliphatic rings. The number of amides is 1. The monoisotopic (exact) mass is 316 g/mol. The summed E-state index contributed by atoms with van der Waals surface area (Å²) in [5, 5.41) is 12.7. The van der Waals surface area contributed by atoms with Gasteiger partial charge in [0, 0.05) is 11.8 Å². The number of anilines is 1. The van der Waals surface area contributed by atoms with E-state index in [1.807, 2.05) is 0 Å². The fraction of sp³-hybridized carbons (Fsp3) is 0.500. The van der Waals surface area contributed by atoms with Crippen molar-refractivity contribution in [1.29, 1.82) is 0 Å². The predicted octanol–water partition coefficient (Wildman–Crippen LogP) is 2.20. The second-order valence-corrected chi connectivity index (χ2v) is 5.29. The second kappa shape index (κ2) is 5.67. The zero-order valence-corrected chi connectivity index (χ0v) is 12.4. The van der Waals surface area contributed by atoms with Gasteiger partial charge in [-0.15, -0.1) is 0 Å². The van der Waals surface area contributed by atoms with Crippen LogP contribution in [0.25, 0.3) is 0 Å². The van der Waals surface area contributed by atoms with Gasteiger partial charge < -0.3 is 15.2 Å². The van der Waals surface area contributed by atoms with Gasteiger partial charge in [-0.1, -0.05) is 13.8 Å². The molecule has 1 aromatic heterocycles. The Morgan fingerprint density at radius 1 is 1.56 bits per heavy atom. The molecule has 1 heterocycles. The van der Waals surface area contributed by atoms with Crippen LogP contribution in [0.15, 0.2) is 16.7 Å². The number of nitrogens with one attached hydrogen (secondary N) is 1. The van der Waals surface area contributed by atoms with Crippen LogP contribution in [0.2, 0.25) is 0 Å². The number of rotatable bonds is 4. The highest BCUT2D eigenvalue weighted by atomic mass is 79.9. The highest BCUT2D eigenvalue weighted by molar-refractivity contribution is 9.10. The minimum Gasteiger partial charge on any atom is -0.481 e. The van der Waals surface area contributed by atoms with Crippen molar-refractivity contribution in [3.05, 3.63) is 16.7 Å². The molecule has 2 N–H and O–H groups in total. The summed E-state index contributed by atoms with van der Waals surface area (Å²) < 4.78 is 5.54. The first kappa shape index (κ1) is 14.9. The van der Waals surface area contributed by atoms with Crippen molar-refractivity contribution in [2.45, 2.75) is 26.4 Å². The number of carbonyl (C=O) groups excluding carboxylic acids is 1. The highest BCUT2D eigenvalue weighted by Gasteiger charge is 2.33. The normalized spacial score (nSPS) is 14.2. The molecule has 0 bridgehead atoms. The summed E-state index contributed by atoms with van der Waals surface area (Å²) in [5.74, 6) is -0.272. The SMILES string of the molecule is COc1cc(NC(=O)C(C)(O)C(C)C)cc(Br)n1. The molecule has 1 amide bonds. The third-order valence-electron chi connectivity index (χ3n) is 2.82. The minimum absolute atomic E-state index is 0.190. The van der Waals surface area contributed by atoms with Crippen molar-refractivity contribution in [2.24, 2.45) is 5.92 Å².